The summed E-state index contributed by atoms with van der Waals surface area (Å²) in [6, 6.07) is 6.38. The molecule has 1 aromatic carbocycles. The minimum atomic E-state index is -0.811. The molecule has 0 aliphatic carbocycles. The van der Waals surface area contributed by atoms with Crippen LogP contribution in [0.4, 0.5) is 0 Å². The summed E-state index contributed by atoms with van der Waals surface area (Å²) in [6.45, 7) is 1.87. The molecule has 0 bridgehead atoms. The second-order valence-electron chi connectivity index (χ2n) is 4.65. The number of nitrogens with one attached hydrogen (secondary N) is 1. The van der Waals surface area contributed by atoms with Crippen molar-refractivity contribution >= 4 is 17.5 Å². The summed E-state index contributed by atoms with van der Waals surface area (Å²) in [7, 11) is 0. The van der Waals surface area contributed by atoms with Crippen LogP contribution in [-0.4, -0.2) is 22.1 Å². The first-order valence-corrected chi connectivity index (χ1v) is 6.77. The molecule has 1 aromatic heterocycles. The van der Waals surface area contributed by atoms with Gasteiger partial charge in [-0.15, -0.1) is 0 Å². The number of aromatic nitrogens is 1. The molecule has 0 radical (unpaired) electrons. The molecule has 0 saturated carbocycles. The molecule has 2 atom stereocenters. The van der Waals surface area contributed by atoms with Crippen LogP contribution in [0.3, 0.4) is 0 Å². The Kier molecular flexibility index (Phi) is 4.95. The van der Waals surface area contributed by atoms with E-state index in [0.717, 1.165) is 5.56 Å². The first-order valence-electron chi connectivity index (χ1n) is 6.39. The van der Waals surface area contributed by atoms with Crippen LogP contribution in [0.25, 0.3) is 0 Å². The molecule has 0 saturated heterocycles. The summed E-state index contributed by atoms with van der Waals surface area (Å²) in [5.74, 6) is -0.251. The van der Waals surface area contributed by atoms with E-state index in [0.29, 0.717) is 11.6 Å². The highest BCUT2D eigenvalue weighted by Crippen LogP contribution is 2.14. The molecular weight excluding hydrogens is 294 g/mol. The third-order valence-electron chi connectivity index (χ3n) is 2.93. The van der Waals surface area contributed by atoms with Gasteiger partial charge < -0.3 is 20.6 Å². The smallest absolute Gasteiger partial charge is 0.273 e. The Labute approximate surface area is 126 Å². The molecule has 6 nitrogen and oxygen atoms in total. The van der Waals surface area contributed by atoms with Crippen molar-refractivity contribution in [2.75, 3.05) is 0 Å². The number of halogens is 1. The van der Waals surface area contributed by atoms with Gasteiger partial charge in [0.1, 0.15) is 12.3 Å². The number of nitrogens with zero attached hydrogens (tertiary/aromatic N) is 1. The number of amides is 1. The van der Waals surface area contributed by atoms with Gasteiger partial charge in [-0.25, -0.2) is 4.98 Å². The van der Waals surface area contributed by atoms with Gasteiger partial charge >= 0.3 is 0 Å². The van der Waals surface area contributed by atoms with Crippen LogP contribution in [0.15, 0.2) is 34.9 Å². The number of rotatable bonds is 5. The van der Waals surface area contributed by atoms with Gasteiger partial charge in [-0.3, -0.25) is 4.79 Å². The van der Waals surface area contributed by atoms with Gasteiger partial charge in [0.25, 0.3) is 5.91 Å². The van der Waals surface area contributed by atoms with E-state index in [9.17, 15) is 9.90 Å². The number of hydrogen-bond acceptors (Lipinski definition) is 5. The van der Waals surface area contributed by atoms with E-state index in [2.05, 4.69) is 10.3 Å². The van der Waals surface area contributed by atoms with Gasteiger partial charge in [0.15, 0.2) is 5.69 Å². The van der Waals surface area contributed by atoms with Crippen LogP contribution in [0.2, 0.25) is 5.02 Å². The summed E-state index contributed by atoms with van der Waals surface area (Å²) in [4.78, 5) is 15.9. The molecule has 7 heteroatoms. The lowest BCUT2D eigenvalue weighted by molar-refractivity contribution is 0.0945. The first-order chi connectivity index (χ1) is 9.97. The van der Waals surface area contributed by atoms with Crippen LogP contribution in [0.1, 0.15) is 34.9 Å². The summed E-state index contributed by atoms with van der Waals surface area (Å²) >= 11 is 5.79. The fourth-order valence-electron chi connectivity index (χ4n) is 1.63. The lowest BCUT2D eigenvalue weighted by atomic mass is 10.2. The van der Waals surface area contributed by atoms with Gasteiger partial charge in [0.2, 0.25) is 5.89 Å². The van der Waals surface area contributed by atoms with Crippen molar-refractivity contribution in [2.45, 2.75) is 25.6 Å². The highest BCUT2D eigenvalue weighted by atomic mass is 35.5. The Morgan fingerprint density at radius 3 is 2.76 bits per heavy atom. The lowest BCUT2D eigenvalue weighted by Gasteiger charge is -2.09. The Balaban J connectivity index is 1.96. The standard InChI is InChI=1S/C14H16ClN3O3/c1-8(19)12(16)14-18-11(7-21-14)13(20)17-6-9-2-4-10(15)5-3-9/h2-5,7-8,12,19H,6,16H2,1H3,(H,17,20). The number of carbonyl (C=O) groups is 1. The van der Waals surface area contributed by atoms with Crippen LogP contribution in [-0.2, 0) is 6.54 Å². The van der Waals surface area contributed by atoms with Gasteiger partial charge in [0.05, 0.1) is 6.10 Å². The van der Waals surface area contributed by atoms with E-state index < -0.39 is 12.1 Å². The Morgan fingerprint density at radius 1 is 1.48 bits per heavy atom. The molecule has 2 unspecified atom stereocenters. The maximum Gasteiger partial charge on any atom is 0.273 e. The van der Waals surface area contributed by atoms with Crippen molar-refractivity contribution in [3.63, 3.8) is 0 Å². The lowest BCUT2D eigenvalue weighted by Crippen LogP contribution is -2.25. The minimum absolute atomic E-state index is 0.120. The summed E-state index contributed by atoms with van der Waals surface area (Å²) in [5, 5.41) is 12.7. The van der Waals surface area contributed by atoms with Gasteiger partial charge in [0, 0.05) is 11.6 Å². The molecule has 21 heavy (non-hydrogen) atoms. The first kappa shape index (κ1) is 15.5. The summed E-state index contributed by atoms with van der Waals surface area (Å²) in [6.07, 6.45) is 0.406. The number of hydrogen-bond donors (Lipinski definition) is 3. The van der Waals surface area contributed by atoms with Gasteiger partial charge in [-0.2, -0.15) is 0 Å². The molecule has 1 amide bonds. The van der Waals surface area contributed by atoms with Gasteiger partial charge in [-0.1, -0.05) is 23.7 Å². The highest BCUT2D eigenvalue weighted by Gasteiger charge is 2.20. The van der Waals surface area contributed by atoms with E-state index in [1.54, 1.807) is 12.1 Å². The number of benzene rings is 1. The topological polar surface area (TPSA) is 101 Å². The van der Waals surface area contributed by atoms with Gasteiger partial charge in [-0.05, 0) is 24.6 Å². The van der Waals surface area contributed by atoms with E-state index >= 15 is 0 Å². The Bertz CT molecular complexity index is 610. The molecule has 112 valence electrons. The zero-order valence-electron chi connectivity index (χ0n) is 11.4. The summed E-state index contributed by atoms with van der Waals surface area (Å²) in [5.41, 5.74) is 6.71. The fourth-order valence-corrected chi connectivity index (χ4v) is 1.75. The van der Waals surface area contributed by atoms with E-state index in [4.69, 9.17) is 21.8 Å². The predicted octanol–water partition coefficient (Wildman–Crippen LogP) is 1.64. The Hall–Kier alpha value is -1.89. The second-order valence-corrected chi connectivity index (χ2v) is 5.08. The SMILES string of the molecule is CC(O)C(N)c1nc(C(=O)NCc2ccc(Cl)cc2)co1. The van der Waals surface area contributed by atoms with Crippen LogP contribution < -0.4 is 11.1 Å². The van der Waals surface area contributed by atoms with E-state index in [1.165, 1.54) is 13.2 Å². The molecule has 0 fully saturated rings. The predicted molar refractivity (Wildman–Crippen MR) is 77.7 cm³/mol. The number of carbonyl (C=O) groups excluding carboxylic acids is 1. The third-order valence-corrected chi connectivity index (χ3v) is 3.18. The molecule has 0 aliphatic heterocycles. The summed E-state index contributed by atoms with van der Waals surface area (Å²) < 4.78 is 5.10. The van der Waals surface area contributed by atoms with E-state index in [-0.39, 0.29) is 17.5 Å². The van der Waals surface area contributed by atoms with Crippen molar-refractivity contribution < 1.29 is 14.3 Å². The van der Waals surface area contributed by atoms with Crippen LogP contribution >= 0.6 is 11.6 Å². The Morgan fingerprint density at radius 2 is 2.14 bits per heavy atom. The van der Waals surface area contributed by atoms with Crippen molar-refractivity contribution in [1.82, 2.24) is 10.3 Å². The average molecular weight is 310 g/mol. The number of nitrogens with two attached hydrogens (primary N) is 1. The molecule has 0 aliphatic rings. The van der Waals surface area contributed by atoms with E-state index in [1.807, 2.05) is 12.1 Å². The number of aliphatic hydroxyl groups is 1. The van der Waals surface area contributed by atoms with Crippen molar-refractivity contribution in [2.24, 2.45) is 5.73 Å². The third kappa shape index (κ3) is 4.04. The number of aliphatic hydroxyl groups excluding tert-OH is 1. The highest BCUT2D eigenvalue weighted by molar-refractivity contribution is 6.30. The maximum atomic E-state index is 11.9. The zero-order chi connectivity index (χ0) is 15.4. The molecule has 2 aromatic rings. The molecule has 4 N–H and O–H groups in total. The normalized spacial score (nSPS) is 13.7. The van der Waals surface area contributed by atoms with Crippen molar-refractivity contribution in [3.8, 4) is 0 Å². The maximum absolute atomic E-state index is 11.9. The largest absolute Gasteiger partial charge is 0.446 e. The molecular formula is C14H16ClN3O3. The number of oxazole rings is 1. The molecule has 1 heterocycles. The zero-order valence-corrected chi connectivity index (χ0v) is 12.2. The molecule has 2 rings (SSSR count). The monoisotopic (exact) mass is 309 g/mol. The van der Waals surface area contributed by atoms with Crippen LogP contribution in [0, 0.1) is 0 Å². The minimum Gasteiger partial charge on any atom is -0.446 e. The molecule has 0 spiro atoms. The fraction of sp³-hybridized carbons (Fsp3) is 0.286. The van der Waals surface area contributed by atoms with Crippen LogP contribution in [0.5, 0.6) is 0 Å². The second kappa shape index (κ2) is 6.71. The van der Waals surface area contributed by atoms with Crippen molar-refractivity contribution in [1.29, 1.82) is 0 Å². The average Bonchev–Trinajstić information content (AvgIpc) is 2.95. The van der Waals surface area contributed by atoms with Crippen molar-refractivity contribution in [3.05, 3.63) is 52.7 Å². The quantitative estimate of drug-likeness (QED) is 0.779.